The molecule has 0 aliphatic heterocycles. The van der Waals surface area contributed by atoms with Gasteiger partial charge in [-0.1, -0.05) is 30.7 Å². The van der Waals surface area contributed by atoms with E-state index >= 15 is 0 Å². The number of nitrogens with one attached hydrogen (secondary N) is 2. The summed E-state index contributed by atoms with van der Waals surface area (Å²) in [5.74, 6) is -0.941. The average Bonchev–Trinajstić information content (AvgIpc) is 3.25. The first-order chi connectivity index (χ1) is 16.1. The number of aliphatic carboxylic acids is 1. The number of nitrogens with two attached hydrogens (primary N) is 1. The number of hydrogen-bond acceptors (Lipinski definition) is 6. The van der Waals surface area contributed by atoms with Crippen molar-refractivity contribution in [3.05, 3.63) is 47.1 Å². The Labute approximate surface area is 199 Å². The van der Waals surface area contributed by atoms with Crippen LogP contribution in [0.3, 0.4) is 0 Å². The zero-order chi connectivity index (χ0) is 24.9. The number of hydrogen-bond donors (Lipinski definition) is 4. The molecule has 0 atom stereocenters. The Morgan fingerprint density at radius 3 is 2.47 bits per heavy atom. The molecule has 1 aliphatic rings. The van der Waals surface area contributed by atoms with E-state index < -0.39 is 12.1 Å². The van der Waals surface area contributed by atoms with Gasteiger partial charge in [-0.15, -0.1) is 0 Å². The van der Waals surface area contributed by atoms with E-state index in [1.54, 1.807) is 6.20 Å². The van der Waals surface area contributed by atoms with Crippen molar-refractivity contribution in [2.24, 2.45) is 5.73 Å². The Morgan fingerprint density at radius 2 is 1.88 bits per heavy atom. The first-order valence-electron chi connectivity index (χ1n) is 10.8. The predicted octanol–water partition coefficient (Wildman–Crippen LogP) is 5.00. The van der Waals surface area contributed by atoms with Gasteiger partial charge in [0.05, 0.1) is 16.9 Å². The van der Waals surface area contributed by atoms with Gasteiger partial charge >= 0.3 is 12.1 Å². The number of carboxylic acid groups (broad SMARTS) is 1. The first-order valence-corrected chi connectivity index (χ1v) is 11.2. The monoisotopic (exact) mass is 498 g/mol. The maximum atomic E-state index is 10.6. The molecule has 1 aromatic carbocycles. The number of para-hydroxylation sites is 1. The molecule has 1 saturated carbocycles. The number of rotatable bonds is 5. The molecule has 4 rings (SSSR count). The van der Waals surface area contributed by atoms with E-state index in [2.05, 4.69) is 22.7 Å². The van der Waals surface area contributed by atoms with Crippen molar-refractivity contribution in [2.45, 2.75) is 57.3 Å². The molecule has 2 aromatic heterocycles. The van der Waals surface area contributed by atoms with Gasteiger partial charge < -0.3 is 21.5 Å². The molecule has 5 N–H and O–H groups in total. The maximum absolute atomic E-state index is 10.6. The predicted molar refractivity (Wildman–Crippen MR) is 125 cm³/mol. The van der Waals surface area contributed by atoms with E-state index in [-0.39, 0.29) is 0 Å². The minimum atomic E-state index is -5.08. The van der Waals surface area contributed by atoms with Crippen LogP contribution in [0, 0.1) is 0 Å². The van der Waals surface area contributed by atoms with Crippen LogP contribution in [0.5, 0.6) is 0 Å². The number of halogens is 4. The minimum Gasteiger partial charge on any atom is -0.475 e. The fraction of sp³-hybridized carbons (Fsp3) is 0.409. The summed E-state index contributed by atoms with van der Waals surface area (Å²) in [6.45, 7) is 2.13. The minimum absolute atomic E-state index is 0.330. The number of carboxylic acids is 1. The van der Waals surface area contributed by atoms with Crippen LogP contribution in [-0.4, -0.2) is 43.9 Å². The van der Waals surface area contributed by atoms with Crippen LogP contribution in [0.1, 0.15) is 38.2 Å². The third-order valence-electron chi connectivity index (χ3n) is 5.47. The molecule has 0 bridgehead atoms. The number of anilines is 3. The van der Waals surface area contributed by atoms with Gasteiger partial charge in [-0.3, -0.25) is 0 Å². The first kappa shape index (κ1) is 25.6. The highest BCUT2D eigenvalue weighted by atomic mass is 35.5. The largest absolute Gasteiger partial charge is 0.490 e. The number of nitrogens with zero attached hydrogens (tertiary/aromatic N) is 3. The second kappa shape index (κ2) is 10.9. The average molecular weight is 499 g/mol. The molecule has 2 heterocycles. The van der Waals surface area contributed by atoms with Crippen molar-refractivity contribution in [1.29, 1.82) is 0 Å². The van der Waals surface area contributed by atoms with E-state index in [0.29, 0.717) is 17.1 Å². The summed E-state index contributed by atoms with van der Waals surface area (Å²) in [7, 11) is 0. The molecular weight excluding hydrogens is 473 g/mol. The number of alkyl halides is 3. The van der Waals surface area contributed by atoms with Crippen molar-refractivity contribution in [3.63, 3.8) is 0 Å². The van der Waals surface area contributed by atoms with Crippen LogP contribution in [0.25, 0.3) is 5.65 Å². The van der Waals surface area contributed by atoms with Crippen LogP contribution < -0.4 is 16.4 Å². The van der Waals surface area contributed by atoms with Crippen molar-refractivity contribution in [2.75, 3.05) is 10.6 Å². The van der Waals surface area contributed by atoms with Crippen LogP contribution >= 0.6 is 11.6 Å². The lowest BCUT2D eigenvalue weighted by Crippen LogP contribution is -2.33. The quantitative estimate of drug-likeness (QED) is 0.391. The highest BCUT2D eigenvalue weighted by Crippen LogP contribution is 2.32. The molecule has 34 heavy (non-hydrogen) atoms. The van der Waals surface area contributed by atoms with Crippen molar-refractivity contribution < 1.29 is 23.1 Å². The Balaban J connectivity index is 0.000000406. The van der Waals surface area contributed by atoms with Gasteiger partial charge in [-0.25, -0.2) is 9.78 Å². The van der Waals surface area contributed by atoms with Crippen LogP contribution in [0.2, 0.25) is 5.02 Å². The molecule has 1 fully saturated rings. The van der Waals surface area contributed by atoms with Crippen molar-refractivity contribution >= 4 is 40.5 Å². The van der Waals surface area contributed by atoms with E-state index in [9.17, 15) is 13.2 Å². The van der Waals surface area contributed by atoms with Gasteiger partial charge in [0, 0.05) is 23.7 Å². The summed E-state index contributed by atoms with van der Waals surface area (Å²) >= 11 is 6.37. The van der Waals surface area contributed by atoms with E-state index in [4.69, 9.17) is 32.2 Å². The van der Waals surface area contributed by atoms with Crippen molar-refractivity contribution in [3.8, 4) is 0 Å². The zero-order valence-corrected chi connectivity index (χ0v) is 19.2. The maximum Gasteiger partial charge on any atom is 0.490 e. The SMILES string of the molecule is CCc1c(NC2CCC(N)CC2)nc2ccnn2c1Nc1ccccc1Cl.O=C(O)C(F)(F)F. The lowest BCUT2D eigenvalue weighted by Gasteiger charge is -2.28. The van der Waals surface area contributed by atoms with E-state index in [1.165, 1.54) is 0 Å². The number of benzene rings is 1. The number of fused-ring (bicyclic) bond motifs is 1. The normalized spacial score (nSPS) is 18.2. The summed E-state index contributed by atoms with van der Waals surface area (Å²) in [4.78, 5) is 13.7. The van der Waals surface area contributed by atoms with Gasteiger partial charge in [0.15, 0.2) is 5.65 Å². The fourth-order valence-corrected chi connectivity index (χ4v) is 3.89. The van der Waals surface area contributed by atoms with Crippen LogP contribution in [-0.2, 0) is 11.2 Å². The molecule has 0 unspecified atom stereocenters. The summed E-state index contributed by atoms with van der Waals surface area (Å²) in [6.07, 6.45) is 1.76. The third kappa shape index (κ3) is 6.29. The Hall–Kier alpha value is -3.05. The Bertz CT molecular complexity index is 1130. The Morgan fingerprint density at radius 1 is 1.24 bits per heavy atom. The van der Waals surface area contributed by atoms with E-state index in [1.807, 2.05) is 34.8 Å². The highest BCUT2D eigenvalue weighted by Gasteiger charge is 2.38. The molecule has 12 heteroatoms. The summed E-state index contributed by atoms with van der Waals surface area (Å²) in [5.41, 5.74) is 8.81. The standard InChI is InChI=1S/C20H25ClN6.C2HF3O2/c1-2-15-19(24-14-9-7-13(22)8-10-14)26-18-11-12-23-27(18)20(15)25-17-6-4-3-5-16(17)21;3-2(4,5)1(6)7/h3-6,11-14,25H,2,7-10,22H2,1H3,(H,24,26);(H,6,7). The van der Waals surface area contributed by atoms with Crippen LogP contribution in [0.15, 0.2) is 36.5 Å². The van der Waals surface area contributed by atoms with Gasteiger partial charge in [0.1, 0.15) is 11.6 Å². The van der Waals surface area contributed by atoms with Crippen molar-refractivity contribution in [1.82, 2.24) is 14.6 Å². The molecule has 0 saturated heterocycles. The van der Waals surface area contributed by atoms with Gasteiger partial charge in [-0.2, -0.15) is 22.8 Å². The highest BCUT2D eigenvalue weighted by molar-refractivity contribution is 6.33. The molecule has 0 amide bonds. The lowest BCUT2D eigenvalue weighted by molar-refractivity contribution is -0.192. The molecular formula is C22H26ClF3N6O2. The summed E-state index contributed by atoms with van der Waals surface area (Å²) < 4.78 is 33.6. The molecule has 184 valence electrons. The molecule has 0 spiro atoms. The van der Waals surface area contributed by atoms with Gasteiger partial charge in [0.25, 0.3) is 0 Å². The number of carbonyl (C=O) groups is 1. The molecule has 8 nitrogen and oxygen atoms in total. The topological polar surface area (TPSA) is 118 Å². The smallest absolute Gasteiger partial charge is 0.475 e. The second-order valence-corrected chi connectivity index (χ2v) is 8.31. The summed E-state index contributed by atoms with van der Waals surface area (Å²) in [6, 6.07) is 10.4. The number of aromatic nitrogens is 3. The Kier molecular flexibility index (Phi) is 8.21. The summed E-state index contributed by atoms with van der Waals surface area (Å²) in [5, 5.41) is 19.4. The fourth-order valence-electron chi connectivity index (χ4n) is 3.71. The molecule has 0 radical (unpaired) electrons. The second-order valence-electron chi connectivity index (χ2n) is 7.91. The van der Waals surface area contributed by atoms with Gasteiger partial charge in [0.2, 0.25) is 0 Å². The van der Waals surface area contributed by atoms with E-state index in [0.717, 1.165) is 60.6 Å². The van der Waals surface area contributed by atoms with Crippen LogP contribution in [0.4, 0.5) is 30.5 Å². The zero-order valence-electron chi connectivity index (χ0n) is 18.4. The molecule has 1 aliphatic carbocycles. The lowest BCUT2D eigenvalue weighted by atomic mass is 9.92. The third-order valence-corrected chi connectivity index (χ3v) is 5.80. The molecule has 3 aromatic rings. The van der Waals surface area contributed by atoms with Gasteiger partial charge in [-0.05, 0) is 44.2 Å².